The number of hydrogen-bond donors (Lipinski definition) is 0. The minimum absolute atomic E-state index is 0.157. The van der Waals surface area contributed by atoms with Crippen LogP contribution < -0.4 is 0 Å². The molecule has 0 aliphatic carbocycles. The average Bonchev–Trinajstić information content (AvgIpc) is 2.15. The molecule has 0 bridgehead atoms. The van der Waals surface area contributed by atoms with Crippen LogP contribution in [0.5, 0.6) is 0 Å². The van der Waals surface area contributed by atoms with Crippen LogP contribution in [0.1, 0.15) is 61.3 Å². The summed E-state index contributed by atoms with van der Waals surface area (Å²) in [5, 5.41) is 0. The van der Waals surface area contributed by atoms with Gasteiger partial charge in [-0.1, -0.05) is 13.3 Å². The van der Waals surface area contributed by atoms with E-state index in [0.29, 0.717) is 0 Å². The summed E-state index contributed by atoms with van der Waals surface area (Å²) >= 11 is 0. The Morgan fingerprint density at radius 2 is 1.56 bits per heavy atom. The molecule has 0 N–H and O–H groups in total. The molecule has 0 fully saturated rings. The molecule has 0 rings (SSSR count). The zero-order valence-electron chi connectivity index (χ0n) is 12.6. The van der Waals surface area contributed by atoms with Crippen molar-refractivity contribution in [3.63, 3.8) is 0 Å². The first-order valence-corrected chi connectivity index (χ1v) is 6.45. The van der Waals surface area contributed by atoms with Gasteiger partial charge in [-0.05, 0) is 48.0 Å². The number of ether oxygens (including phenoxy) is 2. The highest BCUT2D eigenvalue weighted by atomic mass is 16.6. The zero-order chi connectivity index (χ0) is 14.6. The molecule has 0 spiro atoms. The predicted octanol–water partition coefficient (Wildman–Crippen LogP) is 3.09. The number of hydrogen-bond acceptors (Lipinski definition) is 4. The fraction of sp³-hybridized carbons (Fsp3) is 0.857. The van der Waals surface area contributed by atoms with Crippen molar-refractivity contribution in [1.82, 2.24) is 0 Å². The Kier molecular flexibility index (Phi) is 5.84. The van der Waals surface area contributed by atoms with Crippen molar-refractivity contribution < 1.29 is 19.1 Å². The summed E-state index contributed by atoms with van der Waals surface area (Å²) in [7, 11) is 0. The molecule has 0 aliphatic rings. The van der Waals surface area contributed by atoms with Gasteiger partial charge in [0.2, 0.25) is 5.60 Å². The number of carbonyl (C=O) groups excluding carboxylic acids is 2. The minimum atomic E-state index is -1.24. The summed E-state index contributed by atoms with van der Waals surface area (Å²) in [6.07, 6.45) is 1.58. The maximum Gasteiger partial charge on any atom is 0.350 e. The topological polar surface area (TPSA) is 52.6 Å². The minimum Gasteiger partial charge on any atom is -0.460 e. The lowest BCUT2D eigenvalue weighted by molar-refractivity contribution is -0.186. The molecule has 1 atom stereocenters. The second kappa shape index (κ2) is 6.21. The molecular weight excluding hydrogens is 232 g/mol. The molecule has 106 valence electrons. The average molecular weight is 258 g/mol. The number of esters is 2. The van der Waals surface area contributed by atoms with Gasteiger partial charge in [0.1, 0.15) is 0 Å². The molecule has 0 aromatic rings. The van der Waals surface area contributed by atoms with Crippen LogP contribution in [0.3, 0.4) is 0 Å². The van der Waals surface area contributed by atoms with Crippen molar-refractivity contribution in [2.75, 3.05) is 0 Å². The highest BCUT2D eigenvalue weighted by Gasteiger charge is 2.38. The Morgan fingerprint density at radius 1 is 1.06 bits per heavy atom. The van der Waals surface area contributed by atoms with Gasteiger partial charge in [-0.2, -0.15) is 0 Å². The Balaban J connectivity index is 4.54. The van der Waals surface area contributed by atoms with Gasteiger partial charge in [-0.25, -0.2) is 4.79 Å². The molecule has 4 nitrogen and oxygen atoms in total. The van der Waals surface area contributed by atoms with E-state index in [-0.39, 0.29) is 6.10 Å². The van der Waals surface area contributed by atoms with E-state index in [4.69, 9.17) is 9.47 Å². The highest BCUT2D eigenvalue weighted by Crippen LogP contribution is 2.22. The molecule has 0 heterocycles. The smallest absolute Gasteiger partial charge is 0.350 e. The molecule has 0 aromatic carbocycles. The zero-order valence-corrected chi connectivity index (χ0v) is 12.6. The summed E-state index contributed by atoms with van der Waals surface area (Å²) in [5.74, 6) is -0.909. The van der Waals surface area contributed by atoms with Crippen LogP contribution in [0.4, 0.5) is 0 Å². The second-order valence-electron chi connectivity index (χ2n) is 6.15. The van der Waals surface area contributed by atoms with Crippen molar-refractivity contribution in [1.29, 1.82) is 0 Å². The molecule has 4 heteroatoms. The maximum atomic E-state index is 11.9. The Hall–Kier alpha value is -1.06. The third kappa shape index (κ3) is 5.52. The quantitative estimate of drug-likeness (QED) is 0.711. The van der Waals surface area contributed by atoms with Crippen molar-refractivity contribution in [3.05, 3.63) is 0 Å². The summed E-state index contributed by atoms with van der Waals surface area (Å²) in [4.78, 5) is 23.7. The summed E-state index contributed by atoms with van der Waals surface area (Å²) in [5.41, 5.74) is -1.88. The van der Waals surface area contributed by atoms with E-state index in [9.17, 15) is 9.59 Å². The molecule has 1 unspecified atom stereocenters. The lowest BCUT2D eigenvalue weighted by Gasteiger charge is -2.28. The van der Waals surface area contributed by atoms with Gasteiger partial charge in [-0.15, -0.1) is 0 Å². The molecule has 18 heavy (non-hydrogen) atoms. The first-order chi connectivity index (χ1) is 8.00. The molecule has 0 radical (unpaired) electrons. The van der Waals surface area contributed by atoms with Crippen molar-refractivity contribution in [2.24, 2.45) is 5.41 Å². The molecule has 0 saturated heterocycles. The van der Waals surface area contributed by atoms with Gasteiger partial charge in [0.15, 0.2) is 0 Å². The monoisotopic (exact) mass is 258 g/mol. The lowest BCUT2D eigenvalue weighted by atomic mass is 9.96. The summed E-state index contributed by atoms with van der Waals surface area (Å²) in [6, 6.07) is 0. The van der Waals surface area contributed by atoms with Crippen LogP contribution >= 0.6 is 0 Å². The van der Waals surface area contributed by atoms with E-state index < -0.39 is 23.0 Å². The van der Waals surface area contributed by atoms with Gasteiger partial charge >= 0.3 is 11.9 Å². The Bertz CT molecular complexity index is 299. The fourth-order valence-corrected chi connectivity index (χ4v) is 1.22. The summed E-state index contributed by atoms with van der Waals surface area (Å²) < 4.78 is 10.5. The van der Waals surface area contributed by atoms with Gasteiger partial charge in [0.25, 0.3) is 0 Å². The van der Waals surface area contributed by atoms with Gasteiger partial charge in [0, 0.05) is 0 Å². The van der Waals surface area contributed by atoms with Crippen molar-refractivity contribution >= 4 is 11.9 Å². The normalized spacial score (nSPS) is 13.9. The van der Waals surface area contributed by atoms with E-state index in [2.05, 4.69) is 0 Å². The SMILES string of the molecule is CCCC(C)OC(=O)C(C)(C)OC(=O)C(C)(C)C. The van der Waals surface area contributed by atoms with E-state index in [0.717, 1.165) is 12.8 Å². The van der Waals surface area contributed by atoms with E-state index in [1.807, 2.05) is 13.8 Å². The van der Waals surface area contributed by atoms with Gasteiger partial charge < -0.3 is 9.47 Å². The first kappa shape index (κ1) is 16.9. The maximum absolute atomic E-state index is 11.9. The van der Waals surface area contributed by atoms with Gasteiger partial charge in [-0.3, -0.25) is 4.79 Å². The van der Waals surface area contributed by atoms with E-state index in [1.54, 1.807) is 34.6 Å². The lowest BCUT2D eigenvalue weighted by Crippen LogP contribution is -2.42. The van der Waals surface area contributed by atoms with E-state index >= 15 is 0 Å². The van der Waals surface area contributed by atoms with Crippen LogP contribution in [-0.4, -0.2) is 23.6 Å². The van der Waals surface area contributed by atoms with Crippen LogP contribution in [0.15, 0.2) is 0 Å². The third-order valence-electron chi connectivity index (χ3n) is 2.46. The molecule has 0 amide bonds. The van der Waals surface area contributed by atoms with Crippen molar-refractivity contribution in [2.45, 2.75) is 73.0 Å². The Morgan fingerprint density at radius 3 is 1.94 bits per heavy atom. The standard InChI is InChI=1S/C14H26O4/c1-8-9-10(2)17-12(16)14(6,7)18-11(15)13(3,4)5/h10H,8-9H2,1-7H3. The van der Waals surface area contributed by atoms with Crippen LogP contribution in [0, 0.1) is 5.41 Å². The first-order valence-electron chi connectivity index (χ1n) is 6.45. The molecular formula is C14H26O4. The largest absolute Gasteiger partial charge is 0.460 e. The second-order valence-corrected chi connectivity index (χ2v) is 6.15. The van der Waals surface area contributed by atoms with Crippen LogP contribution in [-0.2, 0) is 19.1 Å². The van der Waals surface area contributed by atoms with Crippen LogP contribution in [0.2, 0.25) is 0 Å². The molecule has 0 saturated carbocycles. The van der Waals surface area contributed by atoms with E-state index in [1.165, 1.54) is 0 Å². The molecule has 0 aromatic heterocycles. The Labute approximate surface area is 110 Å². The predicted molar refractivity (Wildman–Crippen MR) is 70.1 cm³/mol. The molecule has 0 aliphatic heterocycles. The fourth-order valence-electron chi connectivity index (χ4n) is 1.22. The van der Waals surface area contributed by atoms with Crippen LogP contribution in [0.25, 0.3) is 0 Å². The summed E-state index contributed by atoms with van der Waals surface area (Å²) in [6.45, 7) is 12.2. The highest BCUT2D eigenvalue weighted by molar-refractivity contribution is 5.84. The number of carbonyl (C=O) groups is 2. The van der Waals surface area contributed by atoms with Crippen molar-refractivity contribution in [3.8, 4) is 0 Å². The third-order valence-corrected chi connectivity index (χ3v) is 2.46. The number of rotatable bonds is 5. The van der Waals surface area contributed by atoms with Gasteiger partial charge in [0.05, 0.1) is 11.5 Å².